The number of hydrogen-bond acceptors (Lipinski definition) is 1. The van der Waals surface area contributed by atoms with Crippen molar-refractivity contribution in [3.63, 3.8) is 0 Å². The van der Waals surface area contributed by atoms with E-state index in [-0.39, 0.29) is 18.9 Å². The molecule has 0 aliphatic heterocycles. The molecule has 0 aliphatic rings. The fourth-order valence-electron chi connectivity index (χ4n) is 1.65. The summed E-state index contributed by atoms with van der Waals surface area (Å²) in [5.41, 5.74) is 1.31. The van der Waals surface area contributed by atoms with Crippen molar-refractivity contribution in [2.75, 3.05) is 19.0 Å². The molecular weight excluding hydrogens is 220 g/mol. The van der Waals surface area contributed by atoms with Crippen molar-refractivity contribution in [2.45, 2.75) is 0 Å². The third kappa shape index (κ3) is 3.89. The molecule has 0 heterocycles. The summed E-state index contributed by atoms with van der Waals surface area (Å²) in [6.07, 6.45) is 0. The average molecular weight is 237 g/mol. The molecule has 2 aromatic carbocycles. The summed E-state index contributed by atoms with van der Waals surface area (Å²) in [5.74, 6) is 0. The van der Waals surface area contributed by atoms with Crippen LogP contribution in [0.3, 0.4) is 0 Å². The van der Waals surface area contributed by atoms with Gasteiger partial charge >= 0.3 is 18.9 Å². The number of nitrogens with zero attached hydrogens (tertiary/aromatic N) is 1. The molecule has 17 heavy (non-hydrogen) atoms. The van der Waals surface area contributed by atoms with E-state index in [0.717, 1.165) is 8.58 Å². The van der Waals surface area contributed by atoms with Crippen LogP contribution in [0.5, 0.6) is 0 Å². The van der Waals surface area contributed by atoms with Gasteiger partial charge in [0.05, 0.1) is 0 Å². The van der Waals surface area contributed by atoms with Crippen LogP contribution in [0.15, 0.2) is 54.6 Å². The van der Waals surface area contributed by atoms with E-state index in [1.165, 1.54) is 16.3 Å². The van der Waals surface area contributed by atoms with Crippen LogP contribution in [0.1, 0.15) is 0 Å². The zero-order valence-electron chi connectivity index (χ0n) is 9.64. The molecule has 2 rings (SSSR count). The fourth-order valence-corrected chi connectivity index (χ4v) is 2.93. The molecule has 0 fully saturated rings. The van der Waals surface area contributed by atoms with E-state index in [2.05, 4.69) is 73.6 Å². The first-order chi connectivity index (χ1) is 7.77. The van der Waals surface area contributed by atoms with Crippen molar-refractivity contribution in [3.05, 3.63) is 54.6 Å². The third-order valence-electron chi connectivity index (χ3n) is 2.44. The second kappa shape index (κ2) is 6.87. The first-order valence-corrected chi connectivity index (χ1v) is 6.36. The number of benzene rings is 2. The predicted molar refractivity (Wildman–Crippen MR) is 81.9 cm³/mol. The maximum absolute atomic E-state index is 2.21. The van der Waals surface area contributed by atoms with Gasteiger partial charge in [0.15, 0.2) is 0 Å². The zero-order chi connectivity index (χ0) is 11.4. The first kappa shape index (κ1) is 14.3. The zero-order valence-corrected chi connectivity index (χ0v) is 10.6. The second-order valence-electron chi connectivity index (χ2n) is 3.90. The summed E-state index contributed by atoms with van der Waals surface area (Å²) in [7, 11) is 4.91. The van der Waals surface area contributed by atoms with Crippen LogP contribution >= 0.6 is 8.58 Å². The molecule has 0 amide bonds. The summed E-state index contributed by atoms with van der Waals surface area (Å²) in [5, 5.41) is 2.79. The Morgan fingerprint density at radius 1 is 0.824 bits per heavy atom. The normalized spacial score (nSPS) is 10.2. The minimum absolute atomic E-state index is 0. The molecular formula is C14H17LiNP. The van der Waals surface area contributed by atoms with Crippen LogP contribution < -0.4 is 15.5 Å². The van der Waals surface area contributed by atoms with Gasteiger partial charge in [0.2, 0.25) is 0 Å². The Kier molecular flexibility index (Phi) is 5.79. The summed E-state index contributed by atoms with van der Waals surface area (Å²) < 4.78 is 0. The van der Waals surface area contributed by atoms with Crippen LogP contribution in [0.25, 0.3) is 0 Å². The molecule has 0 N–H and O–H groups in total. The third-order valence-corrected chi connectivity index (χ3v) is 3.75. The van der Waals surface area contributed by atoms with Gasteiger partial charge in [-0.1, -0.05) is 57.1 Å². The van der Waals surface area contributed by atoms with E-state index in [1.54, 1.807) is 0 Å². The van der Waals surface area contributed by atoms with Crippen molar-refractivity contribution >= 4 is 43.7 Å². The minimum atomic E-state index is 0. The van der Waals surface area contributed by atoms with Gasteiger partial charge in [0.25, 0.3) is 0 Å². The van der Waals surface area contributed by atoms with Crippen molar-refractivity contribution in [2.24, 2.45) is 0 Å². The first-order valence-electron chi connectivity index (χ1n) is 5.36. The standard InChI is InChI=1S/C14H16NP.Li.H/c1-15(2)13-10-6-7-11-14(13)16-12-8-4-3-5-9-12;;/h3-11,16H,1-2H3;;. The fraction of sp³-hybridized carbons (Fsp3) is 0.143. The Balaban J connectivity index is 0.00000144. The molecule has 0 bridgehead atoms. The van der Waals surface area contributed by atoms with E-state index in [1.807, 2.05) is 0 Å². The van der Waals surface area contributed by atoms with Crippen LogP contribution in [-0.4, -0.2) is 33.0 Å². The molecule has 1 unspecified atom stereocenters. The van der Waals surface area contributed by atoms with Crippen LogP contribution in [0, 0.1) is 0 Å². The monoisotopic (exact) mass is 237 g/mol. The predicted octanol–water partition coefficient (Wildman–Crippen LogP) is 1.73. The van der Waals surface area contributed by atoms with Crippen molar-refractivity contribution in [1.82, 2.24) is 0 Å². The SMILES string of the molecule is CN(C)c1ccccc1Pc1ccccc1.[LiH]. The van der Waals surface area contributed by atoms with Gasteiger partial charge in [0, 0.05) is 25.1 Å². The Morgan fingerprint density at radius 3 is 2.06 bits per heavy atom. The molecule has 84 valence electrons. The number of para-hydroxylation sites is 1. The summed E-state index contributed by atoms with van der Waals surface area (Å²) in [6, 6.07) is 19.2. The van der Waals surface area contributed by atoms with Crippen molar-refractivity contribution in [1.29, 1.82) is 0 Å². The van der Waals surface area contributed by atoms with E-state index in [9.17, 15) is 0 Å². The molecule has 0 aliphatic carbocycles. The summed E-state index contributed by atoms with van der Waals surface area (Å²) in [6.45, 7) is 0. The van der Waals surface area contributed by atoms with Gasteiger partial charge in [-0.15, -0.1) is 0 Å². The van der Waals surface area contributed by atoms with Crippen LogP contribution in [0.2, 0.25) is 0 Å². The number of rotatable bonds is 3. The van der Waals surface area contributed by atoms with Crippen LogP contribution in [-0.2, 0) is 0 Å². The molecule has 1 nitrogen and oxygen atoms in total. The molecule has 0 spiro atoms. The van der Waals surface area contributed by atoms with Gasteiger partial charge in [-0.25, -0.2) is 0 Å². The molecule has 2 aromatic rings. The molecule has 3 heteroatoms. The average Bonchev–Trinajstić information content (AvgIpc) is 2.31. The van der Waals surface area contributed by atoms with E-state index >= 15 is 0 Å². The maximum atomic E-state index is 2.21. The van der Waals surface area contributed by atoms with Gasteiger partial charge in [-0.05, 0) is 11.4 Å². The molecule has 0 aromatic heterocycles. The molecule has 0 saturated heterocycles. The Hall–Kier alpha value is -0.733. The van der Waals surface area contributed by atoms with Crippen LogP contribution in [0.4, 0.5) is 5.69 Å². The topological polar surface area (TPSA) is 3.24 Å². The summed E-state index contributed by atoms with van der Waals surface area (Å²) >= 11 is 0. The van der Waals surface area contributed by atoms with Crippen molar-refractivity contribution in [3.8, 4) is 0 Å². The molecule has 1 atom stereocenters. The Bertz CT molecular complexity index is 457. The van der Waals surface area contributed by atoms with E-state index in [0.29, 0.717) is 0 Å². The Labute approximate surface area is 117 Å². The van der Waals surface area contributed by atoms with Gasteiger partial charge < -0.3 is 4.90 Å². The summed E-state index contributed by atoms with van der Waals surface area (Å²) in [4.78, 5) is 2.17. The number of anilines is 1. The second-order valence-corrected chi connectivity index (χ2v) is 5.27. The van der Waals surface area contributed by atoms with Crippen molar-refractivity contribution < 1.29 is 0 Å². The quantitative estimate of drug-likeness (QED) is 0.580. The van der Waals surface area contributed by atoms with Gasteiger partial charge in [-0.2, -0.15) is 0 Å². The van der Waals surface area contributed by atoms with Gasteiger partial charge in [0.1, 0.15) is 0 Å². The molecule has 0 saturated carbocycles. The number of hydrogen-bond donors (Lipinski definition) is 0. The van der Waals surface area contributed by atoms with E-state index < -0.39 is 0 Å². The molecule has 0 radical (unpaired) electrons. The van der Waals surface area contributed by atoms with E-state index in [4.69, 9.17) is 0 Å². The van der Waals surface area contributed by atoms with Gasteiger partial charge in [-0.3, -0.25) is 0 Å². The Morgan fingerprint density at radius 2 is 1.41 bits per heavy atom.